The normalized spacial score (nSPS) is 19.3. The Bertz CT molecular complexity index is 506. The van der Waals surface area contributed by atoms with E-state index in [0.29, 0.717) is 29.4 Å². The van der Waals surface area contributed by atoms with Crippen molar-refractivity contribution >= 4 is 41.8 Å². The molecule has 0 aliphatic carbocycles. The van der Waals surface area contributed by atoms with Gasteiger partial charge in [-0.3, -0.25) is 4.79 Å². The maximum atomic E-state index is 11.9. The number of hydrogen-bond donors (Lipinski definition) is 2. The lowest BCUT2D eigenvalue weighted by Crippen LogP contribution is -2.26. The highest BCUT2D eigenvalue weighted by Crippen LogP contribution is 2.30. The average Bonchev–Trinajstić information content (AvgIpc) is 2.70. The van der Waals surface area contributed by atoms with Crippen LogP contribution in [0.4, 0.5) is 5.69 Å². The van der Waals surface area contributed by atoms with Gasteiger partial charge in [-0.1, -0.05) is 11.6 Å². The number of thiol groups is 1. The van der Waals surface area contributed by atoms with Crippen molar-refractivity contribution in [3.63, 3.8) is 0 Å². The number of anilines is 1. The molecule has 1 amide bonds. The van der Waals surface area contributed by atoms with Gasteiger partial charge < -0.3 is 10.0 Å². The molecule has 2 rings (SSSR count). The standard InChI is InChI=1S/C12H12ClNO3S/c13-8-1-2-9(12(16)17)10(4-8)14-5-7(6-18)3-11(14)15/h1-2,4,7,18H,3,5-6H2,(H,16,17). The molecule has 1 unspecified atom stereocenters. The Balaban J connectivity index is 2.41. The number of nitrogens with zero attached hydrogens (tertiary/aromatic N) is 1. The van der Waals surface area contributed by atoms with Crippen molar-refractivity contribution in [2.75, 3.05) is 17.2 Å². The predicted molar refractivity (Wildman–Crippen MR) is 72.7 cm³/mol. The van der Waals surface area contributed by atoms with Gasteiger partial charge in [0.25, 0.3) is 0 Å². The lowest BCUT2D eigenvalue weighted by atomic mass is 10.1. The first-order chi connectivity index (χ1) is 8.52. The Morgan fingerprint density at radius 2 is 2.28 bits per heavy atom. The van der Waals surface area contributed by atoms with E-state index in [-0.39, 0.29) is 17.4 Å². The molecule has 1 fully saturated rings. The number of carbonyl (C=O) groups excluding carboxylic acids is 1. The average molecular weight is 286 g/mol. The van der Waals surface area contributed by atoms with Crippen molar-refractivity contribution in [3.05, 3.63) is 28.8 Å². The summed E-state index contributed by atoms with van der Waals surface area (Å²) < 4.78 is 0. The lowest BCUT2D eigenvalue weighted by Gasteiger charge is -2.19. The zero-order valence-electron chi connectivity index (χ0n) is 9.47. The molecule has 18 heavy (non-hydrogen) atoms. The van der Waals surface area contributed by atoms with Gasteiger partial charge in [0.15, 0.2) is 0 Å². The molecule has 1 aliphatic heterocycles. The zero-order chi connectivity index (χ0) is 13.3. The van der Waals surface area contributed by atoms with E-state index in [9.17, 15) is 9.59 Å². The number of halogens is 1. The van der Waals surface area contributed by atoms with Crippen molar-refractivity contribution in [3.8, 4) is 0 Å². The summed E-state index contributed by atoms with van der Waals surface area (Å²) in [5.41, 5.74) is 0.455. The summed E-state index contributed by atoms with van der Waals surface area (Å²) in [5.74, 6) is -0.394. The van der Waals surface area contributed by atoms with Crippen LogP contribution < -0.4 is 4.90 Å². The molecule has 96 valence electrons. The monoisotopic (exact) mass is 285 g/mol. The van der Waals surface area contributed by atoms with Gasteiger partial charge in [0.05, 0.1) is 11.3 Å². The van der Waals surface area contributed by atoms with E-state index < -0.39 is 5.97 Å². The first-order valence-corrected chi connectivity index (χ1v) is 6.48. The van der Waals surface area contributed by atoms with Gasteiger partial charge in [0, 0.05) is 18.0 Å². The largest absolute Gasteiger partial charge is 0.478 e. The minimum atomic E-state index is -1.07. The number of benzene rings is 1. The zero-order valence-corrected chi connectivity index (χ0v) is 11.1. The maximum Gasteiger partial charge on any atom is 0.337 e. The molecule has 1 atom stereocenters. The molecule has 1 saturated heterocycles. The maximum absolute atomic E-state index is 11.9. The smallest absolute Gasteiger partial charge is 0.337 e. The SMILES string of the molecule is O=C(O)c1ccc(Cl)cc1N1CC(CS)CC1=O. The molecular formula is C12H12ClNO3S. The quantitative estimate of drug-likeness (QED) is 0.838. The molecular weight excluding hydrogens is 274 g/mol. The van der Waals surface area contributed by atoms with Gasteiger partial charge in [0.2, 0.25) is 5.91 Å². The molecule has 0 aromatic heterocycles. The molecule has 1 aromatic carbocycles. The molecule has 0 spiro atoms. The second-order valence-electron chi connectivity index (χ2n) is 4.22. The third-order valence-corrected chi connectivity index (χ3v) is 3.70. The van der Waals surface area contributed by atoms with Crippen molar-refractivity contribution in [1.29, 1.82) is 0 Å². The van der Waals surface area contributed by atoms with E-state index in [1.807, 2.05) is 0 Å². The molecule has 0 saturated carbocycles. The fraction of sp³-hybridized carbons (Fsp3) is 0.333. The Labute approximate surface area is 115 Å². The molecule has 1 aromatic rings. The molecule has 6 heteroatoms. The summed E-state index contributed by atoms with van der Waals surface area (Å²) in [4.78, 5) is 24.5. The number of hydrogen-bond acceptors (Lipinski definition) is 3. The summed E-state index contributed by atoms with van der Waals surface area (Å²) >= 11 is 10.0. The van der Waals surface area contributed by atoms with Crippen molar-refractivity contribution < 1.29 is 14.7 Å². The summed E-state index contributed by atoms with van der Waals surface area (Å²) in [6.45, 7) is 0.489. The molecule has 0 radical (unpaired) electrons. The summed E-state index contributed by atoms with van der Waals surface area (Å²) in [5, 5.41) is 9.54. The Morgan fingerprint density at radius 1 is 1.56 bits per heavy atom. The predicted octanol–water partition coefficient (Wildman–Crippen LogP) is 2.32. The van der Waals surface area contributed by atoms with E-state index in [0.717, 1.165) is 0 Å². The highest BCUT2D eigenvalue weighted by atomic mass is 35.5. The third kappa shape index (κ3) is 2.47. The lowest BCUT2D eigenvalue weighted by molar-refractivity contribution is -0.117. The number of amides is 1. The molecule has 1 N–H and O–H groups in total. The second-order valence-corrected chi connectivity index (χ2v) is 5.03. The van der Waals surface area contributed by atoms with Crippen molar-refractivity contribution in [2.45, 2.75) is 6.42 Å². The van der Waals surface area contributed by atoms with Gasteiger partial charge >= 0.3 is 5.97 Å². The van der Waals surface area contributed by atoms with Crippen LogP contribution in [0.3, 0.4) is 0 Å². The molecule has 0 bridgehead atoms. The number of carboxylic acids is 1. The van der Waals surface area contributed by atoms with Crippen LogP contribution in [0.2, 0.25) is 5.02 Å². The van der Waals surface area contributed by atoms with Crippen molar-refractivity contribution in [1.82, 2.24) is 0 Å². The third-order valence-electron chi connectivity index (χ3n) is 2.94. The minimum absolute atomic E-state index is 0.0844. The van der Waals surface area contributed by atoms with Crippen LogP contribution in [0.25, 0.3) is 0 Å². The number of aromatic carboxylic acids is 1. The van der Waals surface area contributed by atoms with Crippen LogP contribution in [0, 0.1) is 5.92 Å². The van der Waals surface area contributed by atoms with E-state index in [1.54, 1.807) is 0 Å². The van der Waals surface area contributed by atoms with Crippen LogP contribution >= 0.6 is 24.2 Å². The van der Waals surface area contributed by atoms with E-state index >= 15 is 0 Å². The van der Waals surface area contributed by atoms with Gasteiger partial charge in [-0.05, 0) is 29.9 Å². The number of carbonyl (C=O) groups is 2. The highest BCUT2D eigenvalue weighted by molar-refractivity contribution is 7.80. The van der Waals surface area contributed by atoms with E-state index in [2.05, 4.69) is 12.6 Å². The minimum Gasteiger partial charge on any atom is -0.478 e. The number of rotatable bonds is 3. The first kappa shape index (κ1) is 13.2. The Morgan fingerprint density at radius 3 is 2.83 bits per heavy atom. The number of carboxylic acid groups (broad SMARTS) is 1. The topological polar surface area (TPSA) is 57.6 Å². The second kappa shape index (κ2) is 5.20. The fourth-order valence-electron chi connectivity index (χ4n) is 2.05. The van der Waals surface area contributed by atoms with Crippen LogP contribution in [0.5, 0.6) is 0 Å². The Kier molecular flexibility index (Phi) is 3.82. The van der Waals surface area contributed by atoms with Crippen LogP contribution in [0.1, 0.15) is 16.8 Å². The van der Waals surface area contributed by atoms with Gasteiger partial charge in [-0.2, -0.15) is 12.6 Å². The van der Waals surface area contributed by atoms with Gasteiger partial charge in [-0.15, -0.1) is 0 Å². The van der Waals surface area contributed by atoms with Crippen LogP contribution in [0.15, 0.2) is 18.2 Å². The van der Waals surface area contributed by atoms with E-state index in [1.165, 1.54) is 23.1 Å². The van der Waals surface area contributed by atoms with Crippen molar-refractivity contribution in [2.24, 2.45) is 5.92 Å². The summed E-state index contributed by atoms with van der Waals surface area (Å²) in [6.07, 6.45) is 0.398. The van der Waals surface area contributed by atoms with Crippen LogP contribution in [-0.2, 0) is 4.79 Å². The van der Waals surface area contributed by atoms with Gasteiger partial charge in [0.1, 0.15) is 0 Å². The fourth-order valence-corrected chi connectivity index (χ4v) is 2.46. The summed E-state index contributed by atoms with van der Waals surface area (Å²) in [7, 11) is 0. The van der Waals surface area contributed by atoms with Gasteiger partial charge in [-0.25, -0.2) is 4.79 Å². The van der Waals surface area contributed by atoms with E-state index in [4.69, 9.17) is 16.7 Å². The van der Waals surface area contributed by atoms with Crippen LogP contribution in [-0.4, -0.2) is 29.3 Å². The molecule has 4 nitrogen and oxygen atoms in total. The molecule has 1 aliphatic rings. The Hall–Kier alpha value is -1.20. The molecule has 1 heterocycles. The first-order valence-electron chi connectivity index (χ1n) is 5.47. The summed E-state index contributed by atoms with van der Waals surface area (Å²) in [6, 6.07) is 4.44. The highest BCUT2D eigenvalue weighted by Gasteiger charge is 2.32.